The van der Waals surface area contributed by atoms with Crippen LogP contribution in [0.2, 0.25) is 0 Å². The predicted octanol–water partition coefficient (Wildman–Crippen LogP) is 6.64. The van der Waals surface area contributed by atoms with Crippen LogP contribution in [0.15, 0.2) is 96.0 Å². The van der Waals surface area contributed by atoms with Crippen LogP contribution in [0.4, 0.5) is 5.82 Å². The normalized spacial score (nSPS) is 15.4. The number of hydrogen-bond donors (Lipinski definition) is 1. The molecule has 1 fully saturated rings. The number of likely N-dealkylation sites (N-methyl/N-ethyl adjacent to an activating group) is 1. The molecule has 36 heavy (non-hydrogen) atoms. The predicted molar refractivity (Wildman–Crippen MR) is 148 cm³/mol. The molecule has 1 aliphatic heterocycles. The van der Waals surface area contributed by atoms with E-state index < -0.39 is 0 Å². The van der Waals surface area contributed by atoms with Crippen LogP contribution in [0.5, 0.6) is 0 Å². The summed E-state index contributed by atoms with van der Waals surface area (Å²) in [6, 6.07) is 31.2. The van der Waals surface area contributed by atoms with Crippen molar-refractivity contribution in [1.29, 1.82) is 5.41 Å². The third-order valence-corrected chi connectivity index (χ3v) is 6.60. The Labute approximate surface area is 213 Å². The third kappa shape index (κ3) is 5.16. The minimum atomic E-state index is 0.250. The van der Waals surface area contributed by atoms with Crippen LogP contribution in [0.3, 0.4) is 0 Å². The van der Waals surface area contributed by atoms with Crippen molar-refractivity contribution >= 4 is 18.4 Å². The van der Waals surface area contributed by atoms with E-state index in [1.165, 1.54) is 11.8 Å². The van der Waals surface area contributed by atoms with Gasteiger partial charge in [0, 0.05) is 44.1 Å². The van der Waals surface area contributed by atoms with Gasteiger partial charge in [0.15, 0.2) is 0 Å². The summed E-state index contributed by atoms with van der Waals surface area (Å²) in [6.45, 7) is 2.30. The lowest BCUT2D eigenvalue weighted by atomic mass is 9.98. The Hall–Kier alpha value is -3.96. The standard InChI is InChI=1S/C31H32N4O/c1-34(22-27-18-11-19-36-27)23-33-31-28(20-32)29(25-14-7-3-8-15-25)30(26-16-9-4-10-17-26)35(31)21-24-12-5-2-6-13-24/h2-10,12-17,20,23,27,32H,11,18-19,21-22H2,1H3/b32-20?,33-23-. The van der Waals surface area contributed by atoms with Gasteiger partial charge in [-0.1, -0.05) is 91.0 Å². The van der Waals surface area contributed by atoms with Crippen LogP contribution < -0.4 is 0 Å². The molecule has 5 heteroatoms. The fraction of sp³-hybridized carbons (Fsp3) is 0.226. The molecule has 0 aliphatic carbocycles. The quantitative estimate of drug-likeness (QED) is 0.217. The highest BCUT2D eigenvalue weighted by Gasteiger charge is 2.24. The summed E-state index contributed by atoms with van der Waals surface area (Å²) < 4.78 is 8.07. The van der Waals surface area contributed by atoms with Gasteiger partial charge in [0.1, 0.15) is 5.82 Å². The molecule has 0 amide bonds. The van der Waals surface area contributed by atoms with Crippen molar-refractivity contribution in [1.82, 2.24) is 9.47 Å². The van der Waals surface area contributed by atoms with Gasteiger partial charge in [0.2, 0.25) is 0 Å². The Morgan fingerprint density at radius 3 is 2.19 bits per heavy atom. The molecule has 0 radical (unpaired) electrons. The summed E-state index contributed by atoms with van der Waals surface area (Å²) in [6.07, 6.45) is 5.79. The Balaban J connectivity index is 1.68. The van der Waals surface area contributed by atoms with Crippen LogP contribution in [0.25, 0.3) is 22.4 Å². The Morgan fingerprint density at radius 1 is 0.944 bits per heavy atom. The largest absolute Gasteiger partial charge is 0.376 e. The Kier molecular flexibility index (Phi) is 7.39. The second-order valence-corrected chi connectivity index (χ2v) is 9.23. The van der Waals surface area contributed by atoms with Crippen LogP contribution in [-0.4, -0.2) is 48.3 Å². The molecule has 1 N–H and O–H groups in total. The van der Waals surface area contributed by atoms with E-state index in [9.17, 15) is 0 Å². The molecule has 0 spiro atoms. The van der Waals surface area contributed by atoms with E-state index in [1.54, 1.807) is 0 Å². The van der Waals surface area contributed by atoms with Crippen LogP contribution in [-0.2, 0) is 11.3 Å². The Bertz CT molecular complexity index is 1310. The van der Waals surface area contributed by atoms with Gasteiger partial charge < -0.3 is 19.6 Å². The molecule has 1 aromatic heterocycles. The van der Waals surface area contributed by atoms with Crippen molar-refractivity contribution in [3.63, 3.8) is 0 Å². The summed E-state index contributed by atoms with van der Waals surface area (Å²) >= 11 is 0. The van der Waals surface area contributed by atoms with Crippen LogP contribution >= 0.6 is 0 Å². The fourth-order valence-electron chi connectivity index (χ4n) is 4.92. The van der Waals surface area contributed by atoms with E-state index in [-0.39, 0.29) is 6.10 Å². The first kappa shape index (κ1) is 23.8. The molecule has 182 valence electrons. The maximum atomic E-state index is 8.45. The molecule has 1 atom stereocenters. The van der Waals surface area contributed by atoms with Gasteiger partial charge >= 0.3 is 0 Å². The fourth-order valence-corrected chi connectivity index (χ4v) is 4.92. The van der Waals surface area contributed by atoms with Gasteiger partial charge in [-0.15, -0.1) is 0 Å². The van der Waals surface area contributed by atoms with Crippen molar-refractivity contribution < 1.29 is 4.74 Å². The van der Waals surface area contributed by atoms with E-state index in [0.29, 0.717) is 6.54 Å². The van der Waals surface area contributed by atoms with E-state index in [0.717, 1.165) is 59.8 Å². The number of aliphatic imine (C=N–C) groups is 1. The zero-order valence-corrected chi connectivity index (χ0v) is 20.7. The molecule has 0 bridgehead atoms. The number of benzene rings is 3. The zero-order valence-electron chi connectivity index (χ0n) is 20.7. The van der Waals surface area contributed by atoms with Crippen molar-refractivity contribution in [3.8, 4) is 22.4 Å². The summed E-state index contributed by atoms with van der Waals surface area (Å²) in [4.78, 5) is 7.10. The molecular weight excluding hydrogens is 444 g/mol. The van der Waals surface area contributed by atoms with E-state index in [2.05, 4.69) is 70.1 Å². The minimum Gasteiger partial charge on any atom is -0.376 e. The molecule has 5 nitrogen and oxygen atoms in total. The number of rotatable bonds is 9. The lowest BCUT2D eigenvalue weighted by molar-refractivity contribution is 0.0967. The van der Waals surface area contributed by atoms with Crippen LogP contribution in [0, 0.1) is 5.41 Å². The summed E-state index contributed by atoms with van der Waals surface area (Å²) in [7, 11) is 2.04. The average Bonchev–Trinajstić information content (AvgIpc) is 3.54. The van der Waals surface area contributed by atoms with Gasteiger partial charge in [0.05, 0.1) is 18.1 Å². The van der Waals surface area contributed by atoms with Crippen molar-refractivity contribution in [3.05, 3.63) is 102 Å². The molecule has 1 saturated heterocycles. The second kappa shape index (κ2) is 11.2. The van der Waals surface area contributed by atoms with Crippen LogP contribution in [0.1, 0.15) is 24.0 Å². The monoisotopic (exact) mass is 476 g/mol. The van der Waals surface area contributed by atoms with E-state index >= 15 is 0 Å². The first-order chi connectivity index (χ1) is 17.7. The summed E-state index contributed by atoms with van der Waals surface area (Å²) in [5, 5.41) is 8.45. The number of ether oxygens (including phenoxy) is 1. The highest BCUT2D eigenvalue weighted by atomic mass is 16.5. The third-order valence-electron chi connectivity index (χ3n) is 6.60. The lowest BCUT2D eigenvalue weighted by Gasteiger charge is -2.18. The maximum absolute atomic E-state index is 8.45. The van der Waals surface area contributed by atoms with Crippen molar-refractivity contribution in [2.75, 3.05) is 20.2 Å². The average molecular weight is 477 g/mol. The van der Waals surface area contributed by atoms with E-state index in [1.807, 2.05) is 43.7 Å². The molecule has 2 heterocycles. The number of aromatic nitrogens is 1. The highest BCUT2D eigenvalue weighted by molar-refractivity contribution is 6.02. The molecule has 1 aliphatic rings. The molecule has 3 aromatic carbocycles. The summed E-state index contributed by atoms with van der Waals surface area (Å²) in [5.41, 5.74) is 6.28. The van der Waals surface area contributed by atoms with Gasteiger partial charge in [-0.25, -0.2) is 4.99 Å². The molecule has 4 aromatic rings. The SMILES string of the molecule is CN(/C=N\c1c(C=N)c(-c2ccccc2)c(-c2ccccc2)n1Cc1ccccc1)CC1CCCO1. The van der Waals surface area contributed by atoms with Gasteiger partial charge in [-0.3, -0.25) is 0 Å². The lowest BCUT2D eigenvalue weighted by Crippen LogP contribution is -2.27. The zero-order chi connectivity index (χ0) is 24.7. The Morgan fingerprint density at radius 2 is 1.58 bits per heavy atom. The van der Waals surface area contributed by atoms with E-state index in [4.69, 9.17) is 15.1 Å². The maximum Gasteiger partial charge on any atom is 0.144 e. The second-order valence-electron chi connectivity index (χ2n) is 9.23. The number of hydrogen-bond acceptors (Lipinski definition) is 3. The minimum absolute atomic E-state index is 0.250. The van der Waals surface area contributed by atoms with Crippen molar-refractivity contribution in [2.24, 2.45) is 4.99 Å². The number of nitrogens with zero attached hydrogens (tertiary/aromatic N) is 3. The highest BCUT2D eigenvalue weighted by Crippen LogP contribution is 2.42. The summed E-state index contributed by atoms with van der Waals surface area (Å²) in [5.74, 6) is 0.783. The van der Waals surface area contributed by atoms with Gasteiger partial charge in [-0.05, 0) is 29.5 Å². The topological polar surface area (TPSA) is 53.6 Å². The first-order valence-corrected chi connectivity index (χ1v) is 12.5. The van der Waals surface area contributed by atoms with Crippen molar-refractivity contribution in [2.45, 2.75) is 25.5 Å². The molecule has 5 rings (SSSR count). The van der Waals surface area contributed by atoms with Gasteiger partial charge in [0.25, 0.3) is 0 Å². The number of nitrogens with one attached hydrogen (secondary N) is 1. The smallest absolute Gasteiger partial charge is 0.144 e. The molecular formula is C31H32N4O. The molecule has 0 saturated carbocycles. The first-order valence-electron chi connectivity index (χ1n) is 12.5. The van der Waals surface area contributed by atoms with Gasteiger partial charge in [-0.2, -0.15) is 0 Å². The molecule has 1 unspecified atom stereocenters.